The van der Waals surface area contributed by atoms with E-state index in [1.165, 1.54) is 6.07 Å². The van der Waals surface area contributed by atoms with Crippen LogP contribution in [0.15, 0.2) is 42.5 Å². The first-order valence-electron chi connectivity index (χ1n) is 5.35. The van der Waals surface area contributed by atoms with E-state index in [4.69, 9.17) is 10.5 Å². The molecule has 0 atom stereocenters. The van der Waals surface area contributed by atoms with E-state index in [1.807, 2.05) is 6.92 Å². The molecular weight excluding hydrogens is 232 g/mol. The Labute approximate surface area is 104 Å². The topological polar surface area (TPSA) is 78.4 Å². The van der Waals surface area contributed by atoms with Crippen molar-refractivity contribution in [1.82, 2.24) is 0 Å². The van der Waals surface area contributed by atoms with Crippen molar-refractivity contribution in [2.24, 2.45) is 0 Å². The summed E-state index contributed by atoms with van der Waals surface area (Å²) in [5, 5.41) is 10.9. The number of nitrogens with zero attached hydrogens (tertiary/aromatic N) is 1. The third kappa shape index (κ3) is 2.57. The Balaban J connectivity index is 2.35. The van der Waals surface area contributed by atoms with Gasteiger partial charge < -0.3 is 10.5 Å². The van der Waals surface area contributed by atoms with Gasteiger partial charge in [-0.2, -0.15) is 0 Å². The van der Waals surface area contributed by atoms with Crippen LogP contribution in [-0.4, -0.2) is 4.92 Å². The van der Waals surface area contributed by atoms with E-state index >= 15 is 0 Å². The van der Waals surface area contributed by atoms with Gasteiger partial charge in [0.15, 0.2) is 0 Å². The van der Waals surface area contributed by atoms with Crippen molar-refractivity contribution in [2.75, 3.05) is 5.73 Å². The molecule has 0 saturated carbocycles. The Bertz CT molecular complexity index is 579. The van der Waals surface area contributed by atoms with Crippen molar-refractivity contribution in [3.05, 3.63) is 58.1 Å². The maximum atomic E-state index is 10.9. The molecule has 0 aliphatic heterocycles. The maximum absolute atomic E-state index is 10.9. The summed E-state index contributed by atoms with van der Waals surface area (Å²) in [6.45, 7) is 1.85. The third-order valence-electron chi connectivity index (χ3n) is 2.42. The molecule has 0 bridgehead atoms. The van der Waals surface area contributed by atoms with Crippen molar-refractivity contribution in [1.29, 1.82) is 0 Å². The van der Waals surface area contributed by atoms with Crippen molar-refractivity contribution < 1.29 is 9.66 Å². The quantitative estimate of drug-likeness (QED) is 0.510. The number of rotatable bonds is 3. The molecule has 2 aromatic carbocycles. The van der Waals surface area contributed by atoms with Gasteiger partial charge in [0, 0.05) is 11.8 Å². The SMILES string of the molecule is Cc1ccc([N+](=O)[O-])c(Oc2ccc(N)cc2)c1. The first-order valence-corrected chi connectivity index (χ1v) is 5.35. The molecule has 0 amide bonds. The first kappa shape index (κ1) is 11.9. The van der Waals surface area contributed by atoms with Gasteiger partial charge in [-0.15, -0.1) is 0 Å². The van der Waals surface area contributed by atoms with Crippen molar-refractivity contribution in [3.63, 3.8) is 0 Å². The minimum Gasteiger partial charge on any atom is -0.450 e. The highest BCUT2D eigenvalue weighted by atomic mass is 16.6. The molecule has 0 spiro atoms. The summed E-state index contributed by atoms with van der Waals surface area (Å²) >= 11 is 0. The van der Waals surface area contributed by atoms with Crippen LogP contribution in [0.1, 0.15) is 5.56 Å². The fourth-order valence-corrected chi connectivity index (χ4v) is 1.52. The molecule has 0 fully saturated rings. The highest BCUT2D eigenvalue weighted by Gasteiger charge is 2.15. The second kappa shape index (κ2) is 4.75. The molecule has 18 heavy (non-hydrogen) atoms. The van der Waals surface area contributed by atoms with E-state index in [1.54, 1.807) is 36.4 Å². The molecule has 92 valence electrons. The van der Waals surface area contributed by atoms with Gasteiger partial charge in [0.25, 0.3) is 0 Å². The number of nitrogens with two attached hydrogens (primary N) is 1. The van der Waals surface area contributed by atoms with Crippen LogP contribution in [0.4, 0.5) is 11.4 Å². The average molecular weight is 244 g/mol. The van der Waals surface area contributed by atoms with Gasteiger partial charge in [0.2, 0.25) is 5.75 Å². The standard InChI is InChI=1S/C13H12N2O3/c1-9-2-7-12(15(16)17)13(8-9)18-11-5-3-10(14)4-6-11/h2-8H,14H2,1H3. The number of hydrogen-bond donors (Lipinski definition) is 1. The van der Waals surface area contributed by atoms with Gasteiger partial charge in [0.1, 0.15) is 5.75 Å². The van der Waals surface area contributed by atoms with Crippen LogP contribution in [0.5, 0.6) is 11.5 Å². The summed E-state index contributed by atoms with van der Waals surface area (Å²) in [6.07, 6.45) is 0. The molecule has 0 unspecified atom stereocenters. The molecule has 0 heterocycles. The highest BCUT2D eigenvalue weighted by Crippen LogP contribution is 2.32. The number of nitrogen functional groups attached to an aromatic ring is 1. The lowest BCUT2D eigenvalue weighted by molar-refractivity contribution is -0.385. The van der Waals surface area contributed by atoms with Gasteiger partial charge in [-0.3, -0.25) is 10.1 Å². The zero-order chi connectivity index (χ0) is 13.1. The van der Waals surface area contributed by atoms with Crippen LogP contribution in [-0.2, 0) is 0 Å². The number of ether oxygens (including phenoxy) is 1. The fraction of sp³-hybridized carbons (Fsp3) is 0.0769. The number of hydrogen-bond acceptors (Lipinski definition) is 4. The predicted octanol–water partition coefficient (Wildman–Crippen LogP) is 3.28. The Morgan fingerprint density at radius 2 is 1.83 bits per heavy atom. The summed E-state index contributed by atoms with van der Waals surface area (Å²) in [4.78, 5) is 10.4. The second-order valence-corrected chi connectivity index (χ2v) is 3.90. The zero-order valence-corrected chi connectivity index (χ0v) is 9.79. The molecule has 0 aliphatic carbocycles. The average Bonchev–Trinajstić information content (AvgIpc) is 2.32. The molecule has 0 aromatic heterocycles. The molecule has 0 saturated heterocycles. The van der Waals surface area contributed by atoms with Crippen LogP contribution >= 0.6 is 0 Å². The van der Waals surface area contributed by atoms with Gasteiger partial charge in [-0.05, 0) is 42.8 Å². The van der Waals surface area contributed by atoms with E-state index in [-0.39, 0.29) is 11.4 Å². The Morgan fingerprint density at radius 3 is 2.44 bits per heavy atom. The molecule has 0 radical (unpaired) electrons. The van der Waals surface area contributed by atoms with Gasteiger partial charge in [-0.25, -0.2) is 0 Å². The van der Waals surface area contributed by atoms with Crippen LogP contribution in [0.25, 0.3) is 0 Å². The normalized spacial score (nSPS) is 10.1. The van der Waals surface area contributed by atoms with E-state index in [0.717, 1.165) is 5.56 Å². The number of anilines is 1. The smallest absolute Gasteiger partial charge is 0.311 e. The summed E-state index contributed by atoms with van der Waals surface area (Å²) in [6, 6.07) is 11.4. The van der Waals surface area contributed by atoms with E-state index in [0.29, 0.717) is 11.4 Å². The zero-order valence-electron chi connectivity index (χ0n) is 9.79. The monoisotopic (exact) mass is 244 g/mol. The van der Waals surface area contributed by atoms with E-state index < -0.39 is 4.92 Å². The van der Waals surface area contributed by atoms with Crippen molar-refractivity contribution in [3.8, 4) is 11.5 Å². The van der Waals surface area contributed by atoms with Gasteiger partial charge >= 0.3 is 5.69 Å². The largest absolute Gasteiger partial charge is 0.450 e. The molecule has 2 rings (SSSR count). The molecule has 2 N–H and O–H groups in total. The maximum Gasteiger partial charge on any atom is 0.311 e. The minimum absolute atomic E-state index is 0.0579. The predicted molar refractivity (Wildman–Crippen MR) is 68.8 cm³/mol. The Morgan fingerprint density at radius 1 is 1.17 bits per heavy atom. The van der Waals surface area contributed by atoms with E-state index in [2.05, 4.69) is 0 Å². The van der Waals surface area contributed by atoms with Crippen molar-refractivity contribution in [2.45, 2.75) is 6.92 Å². The summed E-state index contributed by atoms with van der Waals surface area (Å²) < 4.78 is 5.51. The number of benzene rings is 2. The molecule has 5 heteroatoms. The number of nitro groups is 1. The lowest BCUT2D eigenvalue weighted by atomic mass is 10.2. The molecule has 5 nitrogen and oxygen atoms in total. The van der Waals surface area contributed by atoms with Crippen LogP contribution in [0, 0.1) is 17.0 Å². The molecule has 0 aliphatic rings. The lowest BCUT2D eigenvalue weighted by Gasteiger charge is -2.07. The first-order chi connectivity index (χ1) is 8.56. The van der Waals surface area contributed by atoms with Crippen LogP contribution in [0.3, 0.4) is 0 Å². The van der Waals surface area contributed by atoms with Gasteiger partial charge in [0.05, 0.1) is 4.92 Å². The number of nitro benzene ring substituents is 1. The van der Waals surface area contributed by atoms with Crippen molar-refractivity contribution >= 4 is 11.4 Å². The Kier molecular flexibility index (Phi) is 3.14. The molecular formula is C13H12N2O3. The van der Waals surface area contributed by atoms with Gasteiger partial charge in [-0.1, -0.05) is 6.07 Å². The minimum atomic E-state index is -0.466. The fourth-order valence-electron chi connectivity index (χ4n) is 1.52. The van der Waals surface area contributed by atoms with Crippen LogP contribution < -0.4 is 10.5 Å². The van der Waals surface area contributed by atoms with E-state index in [9.17, 15) is 10.1 Å². The summed E-state index contributed by atoms with van der Waals surface area (Å²) in [5.41, 5.74) is 7.01. The lowest BCUT2D eigenvalue weighted by Crippen LogP contribution is -1.94. The third-order valence-corrected chi connectivity index (χ3v) is 2.42. The molecule has 2 aromatic rings. The summed E-state index contributed by atoms with van der Waals surface area (Å²) in [7, 11) is 0. The van der Waals surface area contributed by atoms with Crippen LogP contribution in [0.2, 0.25) is 0 Å². The summed E-state index contributed by atoms with van der Waals surface area (Å²) in [5.74, 6) is 0.739. The highest BCUT2D eigenvalue weighted by molar-refractivity contribution is 5.51. The number of aryl methyl sites for hydroxylation is 1. The Hall–Kier alpha value is -2.56. The second-order valence-electron chi connectivity index (χ2n) is 3.90.